The van der Waals surface area contributed by atoms with Crippen LogP contribution in [0.5, 0.6) is 0 Å². The molecule has 0 aliphatic rings. The number of hydrogen-bond acceptors (Lipinski definition) is 3. The molecule has 7 heteroatoms. The van der Waals surface area contributed by atoms with Crippen LogP contribution in [0.4, 0.5) is 11.4 Å². The van der Waals surface area contributed by atoms with E-state index < -0.39 is 16.1 Å². The van der Waals surface area contributed by atoms with Crippen molar-refractivity contribution >= 4 is 38.9 Å². The molecule has 1 N–H and O–H groups in total. The van der Waals surface area contributed by atoms with E-state index in [9.17, 15) is 13.2 Å². The number of halogens is 1. The van der Waals surface area contributed by atoms with Gasteiger partial charge in [-0.05, 0) is 62.1 Å². The standard InChI is InChI=1S/C20H25ClN2O3S/c1-6-18(20(24)22-17-11-13(2)7-8-14(17)3)23(27(5,25)26)19-12-16(21)10-9-15(19)4/h7-12,18H,6H2,1-5H3,(H,22,24)/t18-/m1/s1. The molecule has 2 rings (SSSR count). The Labute approximate surface area is 166 Å². The van der Waals surface area contributed by atoms with Crippen LogP contribution in [-0.2, 0) is 14.8 Å². The topological polar surface area (TPSA) is 66.5 Å². The highest BCUT2D eigenvalue weighted by molar-refractivity contribution is 7.92. The van der Waals surface area contributed by atoms with Crippen molar-refractivity contribution < 1.29 is 13.2 Å². The quantitative estimate of drug-likeness (QED) is 0.767. The molecule has 5 nitrogen and oxygen atoms in total. The molecule has 2 aromatic rings. The third-order valence-corrected chi connectivity index (χ3v) is 5.79. The van der Waals surface area contributed by atoms with Crippen LogP contribution in [0.25, 0.3) is 0 Å². The maximum absolute atomic E-state index is 13.0. The van der Waals surface area contributed by atoms with E-state index in [0.717, 1.165) is 27.3 Å². The molecule has 146 valence electrons. The third-order valence-electron chi connectivity index (χ3n) is 4.39. The van der Waals surface area contributed by atoms with E-state index in [1.54, 1.807) is 32.0 Å². The molecule has 0 bridgehead atoms. The number of amides is 1. The fourth-order valence-electron chi connectivity index (χ4n) is 2.94. The molecule has 0 aliphatic carbocycles. The summed E-state index contributed by atoms with van der Waals surface area (Å²) in [7, 11) is -3.71. The van der Waals surface area contributed by atoms with Crippen LogP contribution in [0.1, 0.15) is 30.0 Å². The van der Waals surface area contributed by atoms with Crippen LogP contribution in [0.15, 0.2) is 36.4 Å². The second-order valence-electron chi connectivity index (χ2n) is 6.72. The second-order valence-corrected chi connectivity index (χ2v) is 9.02. The molecule has 0 fully saturated rings. The van der Waals surface area contributed by atoms with Crippen molar-refractivity contribution in [3.8, 4) is 0 Å². The van der Waals surface area contributed by atoms with Gasteiger partial charge in [-0.1, -0.05) is 36.7 Å². The van der Waals surface area contributed by atoms with Crippen LogP contribution < -0.4 is 9.62 Å². The Morgan fingerprint density at radius 1 is 1.11 bits per heavy atom. The smallest absolute Gasteiger partial charge is 0.248 e. The van der Waals surface area contributed by atoms with Crippen molar-refractivity contribution in [1.29, 1.82) is 0 Å². The zero-order valence-electron chi connectivity index (χ0n) is 16.2. The lowest BCUT2D eigenvalue weighted by Gasteiger charge is -2.31. The highest BCUT2D eigenvalue weighted by Gasteiger charge is 2.32. The Morgan fingerprint density at radius 3 is 2.33 bits per heavy atom. The lowest BCUT2D eigenvalue weighted by atomic mass is 10.1. The van der Waals surface area contributed by atoms with Crippen LogP contribution >= 0.6 is 11.6 Å². The fourth-order valence-corrected chi connectivity index (χ4v) is 4.37. The van der Waals surface area contributed by atoms with Crippen molar-refractivity contribution in [3.63, 3.8) is 0 Å². The summed E-state index contributed by atoms with van der Waals surface area (Å²) in [5, 5.41) is 3.29. The zero-order valence-corrected chi connectivity index (χ0v) is 17.8. The number of hydrogen-bond donors (Lipinski definition) is 1. The van der Waals surface area contributed by atoms with Gasteiger partial charge in [-0.3, -0.25) is 9.10 Å². The summed E-state index contributed by atoms with van der Waals surface area (Å²) in [6.07, 6.45) is 1.41. The summed E-state index contributed by atoms with van der Waals surface area (Å²) < 4.78 is 26.3. The van der Waals surface area contributed by atoms with Gasteiger partial charge < -0.3 is 5.32 Å². The van der Waals surface area contributed by atoms with Crippen LogP contribution in [0.3, 0.4) is 0 Å². The molecule has 0 saturated carbocycles. The van der Waals surface area contributed by atoms with Gasteiger partial charge in [0.1, 0.15) is 6.04 Å². The average Bonchev–Trinajstić information content (AvgIpc) is 2.57. The summed E-state index contributed by atoms with van der Waals surface area (Å²) in [5.41, 5.74) is 3.73. The summed E-state index contributed by atoms with van der Waals surface area (Å²) in [5.74, 6) is -0.379. The number of sulfonamides is 1. The van der Waals surface area contributed by atoms with Crippen molar-refractivity contribution in [2.75, 3.05) is 15.9 Å². The third kappa shape index (κ3) is 5.02. The highest BCUT2D eigenvalue weighted by atomic mass is 35.5. The van der Waals surface area contributed by atoms with E-state index >= 15 is 0 Å². The first-order valence-electron chi connectivity index (χ1n) is 8.68. The first-order chi connectivity index (χ1) is 12.5. The van der Waals surface area contributed by atoms with Crippen LogP contribution in [0.2, 0.25) is 5.02 Å². The van der Waals surface area contributed by atoms with E-state index in [-0.39, 0.29) is 5.91 Å². The SMILES string of the molecule is CC[C@H](C(=O)Nc1cc(C)ccc1C)N(c1cc(Cl)ccc1C)S(C)(=O)=O. The molecule has 0 saturated heterocycles. The van der Waals surface area contributed by atoms with E-state index in [1.165, 1.54) is 0 Å². The van der Waals surface area contributed by atoms with Gasteiger partial charge >= 0.3 is 0 Å². The first kappa shape index (κ1) is 21.3. The minimum absolute atomic E-state index is 0.315. The molecule has 27 heavy (non-hydrogen) atoms. The van der Waals surface area contributed by atoms with Gasteiger partial charge in [0.05, 0.1) is 11.9 Å². The molecular formula is C20H25ClN2O3S. The maximum atomic E-state index is 13.0. The predicted molar refractivity (Wildman–Crippen MR) is 112 cm³/mol. The van der Waals surface area contributed by atoms with Crippen molar-refractivity contribution in [3.05, 3.63) is 58.1 Å². The Morgan fingerprint density at radius 2 is 1.74 bits per heavy atom. The summed E-state index contributed by atoms with van der Waals surface area (Å²) in [6.45, 7) is 7.40. The number of anilines is 2. The van der Waals surface area contributed by atoms with Gasteiger partial charge in [0.25, 0.3) is 0 Å². The maximum Gasteiger partial charge on any atom is 0.248 e. The molecule has 2 aromatic carbocycles. The predicted octanol–water partition coefficient (Wildman–Crippen LogP) is 4.45. The first-order valence-corrected chi connectivity index (χ1v) is 10.9. The van der Waals surface area contributed by atoms with Gasteiger partial charge in [0, 0.05) is 10.7 Å². The molecule has 0 aliphatic heterocycles. The molecule has 0 spiro atoms. The molecule has 0 unspecified atom stereocenters. The number of carbonyl (C=O) groups excluding carboxylic acids is 1. The van der Waals surface area contributed by atoms with Crippen LogP contribution in [-0.4, -0.2) is 26.6 Å². The molecular weight excluding hydrogens is 384 g/mol. The van der Waals surface area contributed by atoms with Crippen molar-refractivity contribution in [2.24, 2.45) is 0 Å². The van der Waals surface area contributed by atoms with Gasteiger partial charge in [-0.15, -0.1) is 0 Å². The monoisotopic (exact) mass is 408 g/mol. The molecule has 0 aromatic heterocycles. The number of aryl methyl sites for hydroxylation is 3. The lowest BCUT2D eigenvalue weighted by Crippen LogP contribution is -2.47. The van der Waals surface area contributed by atoms with Crippen molar-refractivity contribution in [1.82, 2.24) is 0 Å². The van der Waals surface area contributed by atoms with E-state index in [4.69, 9.17) is 11.6 Å². The van der Waals surface area contributed by atoms with E-state index in [2.05, 4.69) is 5.32 Å². The molecule has 1 amide bonds. The molecule has 1 atom stereocenters. The Kier molecular flexibility index (Phi) is 6.54. The van der Waals surface area contributed by atoms with Gasteiger partial charge in [-0.25, -0.2) is 8.42 Å². The number of benzene rings is 2. The average molecular weight is 409 g/mol. The molecule has 0 heterocycles. The van der Waals surface area contributed by atoms with Gasteiger partial charge in [-0.2, -0.15) is 0 Å². The lowest BCUT2D eigenvalue weighted by molar-refractivity contribution is -0.117. The molecule has 0 radical (unpaired) electrons. The zero-order chi connectivity index (χ0) is 20.4. The van der Waals surface area contributed by atoms with Gasteiger partial charge in [0.2, 0.25) is 15.9 Å². The number of carbonyl (C=O) groups is 1. The minimum Gasteiger partial charge on any atom is -0.324 e. The fraction of sp³-hybridized carbons (Fsp3) is 0.350. The largest absolute Gasteiger partial charge is 0.324 e. The normalized spacial score (nSPS) is 12.5. The van der Waals surface area contributed by atoms with E-state index in [0.29, 0.717) is 22.8 Å². The Bertz CT molecular complexity index is 958. The number of nitrogens with one attached hydrogen (secondary N) is 1. The van der Waals surface area contributed by atoms with E-state index in [1.807, 2.05) is 32.0 Å². The van der Waals surface area contributed by atoms with Gasteiger partial charge in [0.15, 0.2) is 0 Å². The summed E-state index contributed by atoms with van der Waals surface area (Å²) >= 11 is 6.08. The highest BCUT2D eigenvalue weighted by Crippen LogP contribution is 2.30. The van der Waals surface area contributed by atoms with Crippen LogP contribution in [0, 0.1) is 20.8 Å². The van der Waals surface area contributed by atoms with Crippen molar-refractivity contribution in [2.45, 2.75) is 40.2 Å². The minimum atomic E-state index is -3.71. The number of rotatable bonds is 6. The summed E-state index contributed by atoms with van der Waals surface area (Å²) in [6, 6.07) is 9.86. The Balaban J connectivity index is 2.48. The Hall–Kier alpha value is -2.05. The number of nitrogens with zero attached hydrogens (tertiary/aromatic N) is 1. The second kappa shape index (κ2) is 8.31. The summed E-state index contributed by atoms with van der Waals surface area (Å²) in [4.78, 5) is 13.0.